The molecule has 21 heavy (non-hydrogen) atoms. The van der Waals surface area contributed by atoms with Crippen molar-refractivity contribution in [2.75, 3.05) is 13.7 Å². The molecule has 1 N–H and O–H groups in total. The topological polar surface area (TPSA) is 59.9 Å². The van der Waals surface area contributed by atoms with Crippen LogP contribution in [-0.4, -0.2) is 25.8 Å². The second kappa shape index (κ2) is 8.06. The van der Waals surface area contributed by atoms with Crippen LogP contribution < -0.4 is 10.1 Å². The second-order valence-corrected chi connectivity index (χ2v) is 5.09. The Balaban J connectivity index is 1.72. The Kier molecular flexibility index (Phi) is 5.78. The molecule has 1 aromatic heterocycles. The molecule has 0 fully saturated rings. The third-order valence-corrected chi connectivity index (χ3v) is 3.47. The van der Waals surface area contributed by atoms with Gasteiger partial charge in [0.15, 0.2) is 6.61 Å². The van der Waals surface area contributed by atoms with Crippen LogP contribution in [0.4, 0.5) is 0 Å². The first-order valence-electron chi connectivity index (χ1n) is 6.37. The van der Waals surface area contributed by atoms with Crippen LogP contribution in [-0.2, 0) is 16.2 Å². The van der Waals surface area contributed by atoms with E-state index in [1.54, 1.807) is 24.7 Å². The van der Waals surface area contributed by atoms with Gasteiger partial charge in [0.1, 0.15) is 5.75 Å². The quantitative estimate of drug-likeness (QED) is 0.631. The molecule has 5 nitrogen and oxygen atoms in total. The van der Waals surface area contributed by atoms with Crippen molar-refractivity contribution in [3.8, 4) is 5.75 Å². The Morgan fingerprint density at radius 2 is 2.19 bits per heavy atom. The molecule has 0 aliphatic carbocycles. The Morgan fingerprint density at radius 3 is 2.95 bits per heavy atom. The average Bonchev–Trinajstić information content (AvgIpc) is 3.03. The number of methoxy groups -OCH3 is 1. The summed E-state index contributed by atoms with van der Waals surface area (Å²) in [5.41, 5.74) is 0.912. The van der Waals surface area contributed by atoms with E-state index in [2.05, 4.69) is 10.5 Å². The zero-order valence-corrected chi connectivity index (χ0v) is 12.4. The van der Waals surface area contributed by atoms with E-state index in [-0.39, 0.29) is 12.5 Å². The average molecular weight is 304 g/mol. The molecule has 0 radical (unpaired) electrons. The van der Waals surface area contributed by atoms with Gasteiger partial charge in [-0.05, 0) is 17.5 Å². The van der Waals surface area contributed by atoms with Crippen molar-refractivity contribution < 1.29 is 14.4 Å². The molecule has 1 aromatic carbocycles. The molecule has 0 bridgehead atoms. The number of thiophene rings is 1. The molecule has 0 spiro atoms. The zero-order valence-electron chi connectivity index (χ0n) is 11.6. The fraction of sp³-hybridized carbons (Fsp3) is 0.200. The highest BCUT2D eigenvalue weighted by molar-refractivity contribution is 7.11. The fourth-order valence-electron chi connectivity index (χ4n) is 1.64. The maximum Gasteiger partial charge on any atom is 0.261 e. The largest absolute Gasteiger partial charge is 0.496 e. The van der Waals surface area contributed by atoms with Gasteiger partial charge in [-0.15, -0.1) is 11.3 Å². The van der Waals surface area contributed by atoms with E-state index in [1.165, 1.54) is 0 Å². The minimum atomic E-state index is -0.232. The normalized spacial score (nSPS) is 10.5. The summed E-state index contributed by atoms with van der Waals surface area (Å²) in [6, 6.07) is 11.4. The molecule has 1 heterocycles. The predicted octanol–water partition coefficient (Wildman–Crippen LogP) is 2.42. The monoisotopic (exact) mass is 304 g/mol. The van der Waals surface area contributed by atoms with E-state index in [4.69, 9.17) is 9.57 Å². The molecule has 0 atom stereocenters. The van der Waals surface area contributed by atoms with Crippen molar-refractivity contribution in [3.05, 3.63) is 52.2 Å². The van der Waals surface area contributed by atoms with Crippen molar-refractivity contribution in [3.63, 3.8) is 0 Å². The number of benzene rings is 1. The van der Waals surface area contributed by atoms with Crippen molar-refractivity contribution in [2.24, 2.45) is 5.16 Å². The number of ether oxygens (including phenoxy) is 1. The van der Waals surface area contributed by atoms with Crippen LogP contribution in [0.2, 0.25) is 0 Å². The maximum atomic E-state index is 11.6. The van der Waals surface area contributed by atoms with Gasteiger partial charge in [0.2, 0.25) is 0 Å². The van der Waals surface area contributed by atoms with Gasteiger partial charge in [-0.1, -0.05) is 29.4 Å². The van der Waals surface area contributed by atoms with Crippen LogP contribution in [0.15, 0.2) is 46.9 Å². The highest BCUT2D eigenvalue weighted by Gasteiger charge is 2.05. The van der Waals surface area contributed by atoms with Gasteiger partial charge in [0.25, 0.3) is 5.91 Å². The number of para-hydroxylation sites is 1. The molecule has 0 saturated heterocycles. The summed E-state index contributed by atoms with van der Waals surface area (Å²) in [6.07, 6.45) is 1.58. The molecule has 6 heteroatoms. The molecular formula is C15H16N2O3S. The highest BCUT2D eigenvalue weighted by Crippen LogP contribution is 2.16. The number of oxime groups is 1. The van der Waals surface area contributed by atoms with Gasteiger partial charge in [0, 0.05) is 17.0 Å². The molecular weight excluding hydrogens is 288 g/mol. The fourth-order valence-corrected chi connectivity index (χ4v) is 2.22. The third kappa shape index (κ3) is 4.92. The van der Waals surface area contributed by atoms with Gasteiger partial charge in [0.05, 0.1) is 13.3 Å². The molecule has 110 valence electrons. The zero-order chi connectivity index (χ0) is 14.9. The van der Waals surface area contributed by atoms with Gasteiger partial charge < -0.3 is 14.9 Å². The summed E-state index contributed by atoms with van der Waals surface area (Å²) in [6.45, 7) is 0.276. The molecule has 0 unspecified atom stereocenters. The van der Waals surface area contributed by atoms with Gasteiger partial charge in [-0.3, -0.25) is 4.79 Å². The Hall–Kier alpha value is -2.34. The third-order valence-electron chi connectivity index (χ3n) is 2.66. The summed E-state index contributed by atoms with van der Waals surface area (Å²) in [4.78, 5) is 17.6. The molecule has 0 aliphatic heterocycles. The maximum absolute atomic E-state index is 11.6. The smallest absolute Gasteiger partial charge is 0.261 e. The summed E-state index contributed by atoms with van der Waals surface area (Å²) in [7, 11) is 1.60. The van der Waals surface area contributed by atoms with Crippen LogP contribution in [0.3, 0.4) is 0 Å². The molecule has 1 amide bonds. The second-order valence-electron chi connectivity index (χ2n) is 4.11. The Morgan fingerprint density at radius 1 is 1.33 bits per heavy atom. The summed E-state index contributed by atoms with van der Waals surface area (Å²) < 4.78 is 5.21. The molecule has 2 rings (SSSR count). The first kappa shape index (κ1) is 15.1. The van der Waals surface area contributed by atoms with Crippen molar-refractivity contribution in [1.82, 2.24) is 5.32 Å². The summed E-state index contributed by atoms with van der Waals surface area (Å²) in [5.74, 6) is 0.513. The highest BCUT2D eigenvalue weighted by atomic mass is 32.1. The van der Waals surface area contributed by atoms with Crippen LogP contribution in [0, 0.1) is 0 Å². The van der Waals surface area contributed by atoms with Crippen molar-refractivity contribution >= 4 is 23.5 Å². The number of hydrogen-bond donors (Lipinski definition) is 1. The van der Waals surface area contributed by atoms with Crippen molar-refractivity contribution in [1.29, 1.82) is 0 Å². The number of amides is 1. The lowest BCUT2D eigenvalue weighted by atomic mass is 10.2. The van der Waals surface area contributed by atoms with E-state index < -0.39 is 0 Å². The van der Waals surface area contributed by atoms with Crippen LogP contribution in [0.25, 0.3) is 0 Å². The first-order valence-corrected chi connectivity index (χ1v) is 7.25. The lowest BCUT2D eigenvalue weighted by Gasteiger charge is -2.08. The lowest BCUT2D eigenvalue weighted by Crippen LogP contribution is -2.26. The van der Waals surface area contributed by atoms with Crippen molar-refractivity contribution in [2.45, 2.75) is 6.54 Å². The minimum absolute atomic E-state index is 0.114. The molecule has 0 saturated carbocycles. The van der Waals surface area contributed by atoms with Gasteiger partial charge >= 0.3 is 0 Å². The predicted molar refractivity (Wildman–Crippen MR) is 82.7 cm³/mol. The molecule has 0 aliphatic rings. The number of nitrogens with zero attached hydrogens (tertiary/aromatic N) is 1. The number of hydrogen-bond acceptors (Lipinski definition) is 5. The van der Waals surface area contributed by atoms with E-state index in [0.29, 0.717) is 6.54 Å². The van der Waals surface area contributed by atoms with Crippen LogP contribution >= 0.6 is 11.3 Å². The minimum Gasteiger partial charge on any atom is -0.496 e. The standard InChI is InChI=1S/C15H16N2O3S/c1-19-14-7-3-2-5-12(14)9-16-15(18)11-20-17-10-13-6-4-8-21-13/h2-8,10H,9,11H2,1H3,(H,16,18). The Labute approximate surface area is 127 Å². The number of carbonyl (C=O) groups is 1. The van der Waals surface area contributed by atoms with E-state index in [1.807, 2.05) is 41.8 Å². The summed E-state index contributed by atoms with van der Waals surface area (Å²) in [5, 5.41) is 8.44. The number of carbonyl (C=O) groups excluding carboxylic acids is 1. The summed E-state index contributed by atoms with van der Waals surface area (Å²) >= 11 is 1.55. The SMILES string of the molecule is COc1ccccc1CNC(=O)CON=Cc1cccs1. The van der Waals surface area contributed by atoms with E-state index in [9.17, 15) is 4.79 Å². The number of rotatable bonds is 7. The van der Waals surface area contributed by atoms with Crippen LogP contribution in [0.5, 0.6) is 5.75 Å². The van der Waals surface area contributed by atoms with E-state index >= 15 is 0 Å². The van der Waals surface area contributed by atoms with E-state index in [0.717, 1.165) is 16.2 Å². The Bertz CT molecular complexity index is 597. The lowest BCUT2D eigenvalue weighted by molar-refractivity contribution is -0.125. The molecule has 2 aromatic rings. The first-order chi connectivity index (χ1) is 10.3. The van der Waals surface area contributed by atoms with Gasteiger partial charge in [-0.2, -0.15) is 0 Å². The van der Waals surface area contributed by atoms with Gasteiger partial charge in [-0.25, -0.2) is 0 Å². The number of nitrogens with one attached hydrogen (secondary N) is 1. The van der Waals surface area contributed by atoms with Crippen LogP contribution in [0.1, 0.15) is 10.4 Å².